The van der Waals surface area contributed by atoms with Gasteiger partial charge in [0.15, 0.2) is 5.78 Å². The summed E-state index contributed by atoms with van der Waals surface area (Å²) in [5.74, 6) is 0.593. The maximum Gasteiger partial charge on any atom is 0.256 e. The predicted molar refractivity (Wildman–Crippen MR) is 172 cm³/mol. The van der Waals surface area contributed by atoms with Gasteiger partial charge in [0.25, 0.3) is 5.91 Å². The molecular weight excluding hydrogens is 534 g/mol. The van der Waals surface area contributed by atoms with Crippen molar-refractivity contribution in [2.24, 2.45) is 5.92 Å². The third kappa shape index (κ3) is 8.11. The number of nitrogens with one attached hydrogen (secondary N) is 1. The molecule has 6 nitrogen and oxygen atoms in total. The van der Waals surface area contributed by atoms with Gasteiger partial charge < -0.3 is 15.0 Å². The molecule has 1 aliphatic heterocycles. The number of rotatable bonds is 12. The molecule has 4 aromatic rings. The van der Waals surface area contributed by atoms with E-state index in [-0.39, 0.29) is 11.7 Å². The lowest BCUT2D eigenvalue weighted by atomic mass is 10.0. The molecule has 6 heteroatoms. The molecule has 0 bridgehead atoms. The summed E-state index contributed by atoms with van der Waals surface area (Å²) in [5.41, 5.74) is 4.96. The minimum atomic E-state index is -0.752. The second-order valence-electron chi connectivity index (χ2n) is 11.6. The summed E-state index contributed by atoms with van der Waals surface area (Å²) in [5, 5.41) is 3.13. The summed E-state index contributed by atoms with van der Waals surface area (Å²) >= 11 is 0. The fraction of sp³-hybridized carbons (Fsp3) is 0.297. The Hall–Kier alpha value is -4.42. The number of fused-ring (bicyclic) bond motifs is 1. The van der Waals surface area contributed by atoms with Crippen molar-refractivity contribution in [3.8, 4) is 5.75 Å². The van der Waals surface area contributed by atoms with Crippen LogP contribution in [0, 0.1) is 5.92 Å². The van der Waals surface area contributed by atoms with E-state index < -0.39 is 6.17 Å². The molecule has 222 valence electrons. The molecule has 1 aliphatic rings. The smallest absolute Gasteiger partial charge is 0.256 e. The summed E-state index contributed by atoms with van der Waals surface area (Å²) in [6.45, 7) is 7.28. The number of nitrogens with zero attached hydrogens (tertiary/aromatic N) is 2. The van der Waals surface area contributed by atoms with Gasteiger partial charge in [-0.15, -0.1) is 0 Å². The Morgan fingerprint density at radius 2 is 1.44 bits per heavy atom. The van der Waals surface area contributed by atoms with Gasteiger partial charge >= 0.3 is 0 Å². The Bertz CT molecular complexity index is 1490. The van der Waals surface area contributed by atoms with E-state index in [0.29, 0.717) is 43.3 Å². The van der Waals surface area contributed by atoms with Crippen molar-refractivity contribution in [2.45, 2.75) is 52.6 Å². The molecule has 0 aliphatic carbocycles. The van der Waals surface area contributed by atoms with Crippen LogP contribution in [-0.4, -0.2) is 35.8 Å². The first kappa shape index (κ1) is 30.1. The highest BCUT2D eigenvalue weighted by molar-refractivity contribution is 5.99. The average molecular weight is 576 g/mol. The zero-order valence-corrected chi connectivity index (χ0v) is 25.1. The summed E-state index contributed by atoms with van der Waals surface area (Å²) in [6, 6.07) is 35.9. The molecule has 0 spiro atoms. The van der Waals surface area contributed by atoms with Crippen LogP contribution in [0.2, 0.25) is 0 Å². The Balaban J connectivity index is 1.38. The number of carbonyl (C=O) groups is 2. The summed E-state index contributed by atoms with van der Waals surface area (Å²) < 4.78 is 6.08. The van der Waals surface area contributed by atoms with Gasteiger partial charge in [0.2, 0.25) is 0 Å². The number of hydrogen-bond donors (Lipinski definition) is 1. The van der Waals surface area contributed by atoms with E-state index in [1.165, 1.54) is 5.56 Å². The molecule has 0 saturated carbocycles. The van der Waals surface area contributed by atoms with Gasteiger partial charge in [0.05, 0.1) is 5.56 Å². The molecule has 0 radical (unpaired) electrons. The highest BCUT2D eigenvalue weighted by Gasteiger charge is 2.31. The van der Waals surface area contributed by atoms with Crippen LogP contribution >= 0.6 is 0 Å². The Morgan fingerprint density at radius 1 is 0.791 bits per heavy atom. The van der Waals surface area contributed by atoms with Crippen molar-refractivity contribution in [1.29, 1.82) is 0 Å². The predicted octanol–water partition coefficient (Wildman–Crippen LogP) is 6.85. The number of hydrogen-bond acceptors (Lipinski definition) is 5. The van der Waals surface area contributed by atoms with Gasteiger partial charge in [-0.25, -0.2) is 0 Å². The van der Waals surface area contributed by atoms with E-state index >= 15 is 0 Å². The standard InChI is InChI=1S/C37H41N3O3/c1-28(2)21-22-34(41)36(38-37(42)32-18-10-12-20-35(32)43-27-30-15-7-4-8-16-30)40-24-23-39(25-29-13-5-3-6-14-29)33-19-11-9-17-31(33)26-40/h3-20,28,36H,21-27H2,1-2H3,(H,38,42). The normalized spacial score (nSPS) is 14.1. The highest BCUT2D eigenvalue weighted by atomic mass is 16.5. The fourth-order valence-electron chi connectivity index (χ4n) is 5.47. The van der Waals surface area contributed by atoms with Crippen molar-refractivity contribution < 1.29 is 14.3 Å². The first-order chi connectivity index (χ1) is 21.0. The largest absolute Gasteiger partial charge is 0.488 e. The molecule has 4 aromatic carbocycles. The first-order valence-electron chi connectivity index (χ1n) is 15.2. The molecule has 5 rings (SSSR count). The van der Waals surface area contributed by atoms with Crippen LogP contribution < -0.4 is 15.0 Å². The second-order valence-corrected chi connectivity index (χ2v) is 11.6. The monoisotopic (exact) mass is 575 g/mol. The number of ketones is 1. The van der Waals surface area contributed by atoms with Crippen LogP contribution in [0.15, 0.2) is 109 Å². The van der Waals surface area contributed by atoms with Crippen LogP contribution in [-0.2, 0) is 24.5 Å². The maximum atomic E-state index is 13.8. The summed E-state index contributed by atoms with van der Waals surface area (Å²) in [4.78, 5) is 32.1. The van der Waals surface area contributed by atoms with E-state index in [1.54, 1.807) is 12.1 Å². The average Bonchev–Trinajstić information content (AvgIpc) is 3.22. The molecule has 0 fully saturated rings. The number of carbonyl (C=O) groups excluding carboxylic acids is 2. The number of para-hydroxylation sites is 2. The van der Waals surface area contributed by atoms with Crippen molar-refractivity contribution >= 4 is 17.4 Å². The van der Waals surface area contributed by atoms with Gasteiger partial charge in [-0.05, 0) is 47.2 Å². The number of Topliss-reactive ketones (excluding diaryl/α,β-unsaturated/α-hetero) is 1. The van der Waals surface area contributed by atoms with Gasteiger partial charge in [0, 0.05) is 38.3 Å². The zero-order chi connectivity index (χ0) is 30.0. The first-order valence-corrected chi connectivity index (χ1v) is 15.2. The third-order valence-corrected chi connectivity index (χ3v) is 7.85. The fourth-order valence-corrected chi connectivity index (χ4v) is 5.47. The van der Waals surface area contributed by atoms with E-state index in [9.17, 15) is 9.59 Å². The molecular formula is C37H41N3O3. The van der Waals surface area contributed by atoms with Crippen LogP contribution in [0.3, 0.4) is 0 Å². The molecule has 1 amide bonds. The van der Waals surface area contributed by atoms with E-state index in [1.807, 2.05) is 54.6 Å². The van der Waals surface area contributed by atoms with Crippen LogP contribution in [0.1, 0.15) is 53.7 Å². The van der Waals surface area contributed by atoms with Gasteiger partial charge in [0.1, 0.15) is 18.5 Å². The quantitative estimate of drug-likeness (QED) is 0.200. The Morgan fingerprint density at radius 3 is 2.19 bits per heavy atom. The topological polar surface area (TPSA) is 61.9 Å². The minimum absolute atomic E-state index is 0.0266. The van der Waals surface area contributed by atoms with Crippen molar-refractivity contribution in [3.63, 3.8) is 0 Å². The van der Waals surface area contributed by atoms with E-state index in [2.05, 4.69) is 71.4 Å². The second kappa shape index (κ2) is 14.7. The summed E-state index contributed by atoms with van der Waals surface area (Å²) in [6.07, 6.45) is 0.422. The maximum absolute atomic E-state index is 13.8. The number of ether oxygens (including phenoxy) is 1. The molecule has 1 heterocycles. The van der Waals surface area contributed by atoms with Gasteiger partial charge in [-0.3, -0.25) is 14.5 Å². The van der Waals surface area contributed by atoms with Crippen LogP contribution in [0.25, 0.3) is 0 Å². The minimum Gasteiger partial charge on any atom is -0.488 e. The Labute approximate surface area is 255 Å². The lowest BCUT2D eigenvalue weighted by Gasteiger charge is -2.31. The molecule has 0 saturated heterocycles. The van der Waals surface area contributed by atoms with Crippen molar-refractivity contribution in [3.05, 3.63) is 131 Å². The van der Waals surface area contributed by atoms with Gasteiger partial charge in [-0.1, -0.05) is 105 Å². The molecule has 1 unspecified atom stereocenters. The number of anilines is 1. The van der Waals surface area contributed by atoms with Crippen molar-refractivity contribution in [2.75, 3.05) is 18.0 Å². The van der Waals surface area contributed by atoms with E-state index in [4.69, 9.17) is 4.74 Å². The summed E-state index contributed by atoms with van der Waals surface area (Å²) in [7, 11) is 0. The Kier molecular flexibility index (Phi) is 10.2. The highest BCUT2D eigenvalue weighted by Crippen LogP contribution is 2.28. The van der Waals surface area contributed by atoms with Crippen LogP contribution in [0.4, 0.5) is 5.69 Å². The van der Waals surface area contributed by atoms with Crippen molar-refractivity contribution in [1.82, 2.24) is 10.2 Å². The molecule has 0 aromatic heterocycles. The zero-order valence-electron chi connectivity index (χ0n) is 25.1. The molecule has 1 atom stereocenters. The van der Waals surface area contributed by atoms with Crippen LogP contribution in [0.5, 0.6) is 5.75 Å². The SMILES string of the molecule is CC(C)CCC(=O)C(NC(=O)c1ccccc1OCc1ccccc1)N1CCN(Cc2ccccc2)c2ccccc2C1. The lowest BCUT2D eigenvalue weighted by molar-refractivity contribution is -0.125. The van der Waals surface area contributed by atoms with Gasteiger partial charge in [-0.2, -0.15) is 0 Å². The van der Waals surface area contributed by atoms with E-state index in [0.717, 1.165) is 36.3 Å². The number of benzene rings is 4. The molecule has 43 heavy (non-hydrogen) atoms. The number of amides is 1. The lowest BCUT2D eigenvalue weighted by Crippen LogP contribution is -2.53. The third-order valence-electron chi connectivity index (χ3n) is 7.85. The molecule has 1 N–H and O–H groups in total.